The maximum absolute atomic E-state index is 11.3. The van der Waals surface area contributed by atoms with E-state index in [1.54, 1.807) is 24.3 Å². The Balaban J connectivity index is 1.99. The second kappa shape index (κ2) is 12.3. The second-order valence-corrected chi connectivity index (χ2v) is 9.03. The summed E-state index contributed by atoms with van der Waals surface area (Å²) in [5.41, 5.74) is 2.00. The number of hydrogen-bond acceptors (Lipinski definition) is 7. The van der Waals surface area contributed by atoms with Gasteiger partial charge in [-0.1, -0.05) is 31.2 Å². The molecule has 8 heteroatoms. The molecule has 0 bridgehead atoms. The van der Waals surface area contributed by atoms with Crippen molar-refractivity contribution in [3.8, 4) is 11.5 Å². The highest BCUT2D eigenvalue weighted by atomic mass is 35.5. The van der Waals surface area contributed by atoms with E-state index >= 15 is 0 Å². The predicted molar refractivity (Wildman–Crippen MR) is 142 cm³/mol. The summed E-state index contributed by atoms with van der Waals surface area (Å²) in [5.74, 6) is 0.0340. The van der Waals surface area contributed by atoms with Gasteiger partial charge >= 0.3 is 0 Å². The van der Waals surface area contributed by atoms with E-state index in [0.717, 1.165) is 25.9 Å². The Morgan fingerprint density at radius 1 is 0.971 bits per heavy atom. The van der Waals surface area contributed by atoms with Crippen LogP contribution in [-0.4, -0.2) is 76.1 Å². The average molecular weight is 490 g/mol. The highest BCUT2D eigenvalue weighted by molar-refractivity contribution is 6.18. The maximum Gasteiger partial charge on any atom is 0.133 e. The molecule has 3 rings (SSSR count). The molecule has 6 N–H and O–H groups in total. The third-order valence-electron chi connectivity index (χ3n) is 6.17. The molecule has 1 heterocycles. The molecule has 1 aliphatic rings. The minimum Gasteiger partial charge on any atom is -0.507 e. The number of phenolic OH excluding ortho intramolecular Hbond substituents is 2. The number of fused-ring (bicyclic) bond motifs is 1. The molecule has 7 nitrogen and oxygen atoms in total. The van der Waals surface area contributed by atoms with E-state index in [-0.39, 0.29) is 23.9 Å². The molecule has 2 aromatic carbocycles. The number of benzene rings is 2. The van der Waals surface area contributed by atoms with Crippen molar-refractivity contribution >= 4 is 45.9 Å². The molecular weight excluding hydrogens is 454 g/mol. The predicted octanol–water partition coefficient (Wildman–Crippen LogP) is 4.20. The number of likely N-dealkylation sites (tertiary alicyclic amines) is 1. The summed E-state index contributed by atoms with van der Waals surface area (Å²) in [5, 5.41) is 50.1. The maximum atomic E-state index is 11.3. The van der Waals surface area contributed by atoms with Crippen LogP contribution in [-0.2, 0) is 0 Å². The smallest absolute Gasteiger partial charge is 0.133 e. The highest BCUT2D eigenvalue weighted by Crippen LogP contribution is 2.47. The number of hydrogen-bond donors (Lipinski definition) is 6. The Morgan fingerprint density at radius 3 is 2.06 bits per heavy atom. The van der Waals surface area contributed by atoms with Crippen molar-refractivity contribution in [2.75, 3.05) is 49.2 Å². The lowest BCUT2D eigenvalue weighted by Gasteiger charge is -2.28. The molecule has 1 saturated heterocycles. The Morgan fingerprint density at radius 2 is 1.53 bits per heavy atom. The van der Waals surface area contributed by atoms with Gasteiger partial charge in [0.25, 0.3) is 0 Å². The molecule has 1 fully saturated rings. The Labute approximate surface area is 206 Å². The number of aliphatic hydroxyl groups is 2. The molecule has 34 heavy (non-hydrogen) atoms. The molecule has 0 amide bonds. The molecule has 2 atom stereocenters. The van der Waals surface area contributed by atoms with Crippen LogP contribution in [0.1, 0.15) is 37.3 Å². The summed E-state index contributed by atoms with van der Waals surface area (Å²) < 4.78 is 0. The van der Waals surface area contributed by atoms with Gasteiger partial charge in [-0.15, -0.1) is 11.6 Å². The van der Waals surface area contributed by atoms with Crippen molar-refractivity contribution in [3.05, 3.63) is 35.9 Å². The first kappa shape index (κ1) is 26.2. The number of piperidine rings is 1. The van der Waals surface area contributed by atoms with Gasteiger partial charge in [0.1, 0.15) is 11.5 Å². The van der Waals surface area contributed by atoms with Gasteiger partial charge in [-0.3, -0.25) is 0 Å². The Hall–Kier alpha value is -2.45. The van der Waals surface area contributed by atoms with Crippen molar-refractivity contribution in [2.45, 2.75) is 38.4 Å². The molecule has 0 spiro atoms. The van der Waals surface area contributed by atoms with Crippen molar-refractivity contribution < 1.29 is 20.4 Å². The summed E-state index contributed by atoms with van der Waals surface area (Å²) in [6, 6.07) is 3.56. The van der Waals surface area contributed by atoms with Gasteiger partial charge in [-0.2, -0.15) is 0 Å². The number of aliphatic hydroxyl groups excluding tert-OH is 2. The Kier molecular flexibility index (Phi) is 9.47. The van der Waals surface area contributed by atoms with Crippen molar-refractivity contribution in [1.82, 2.24) is 4.90 Å². The van der Waals surface area contributed by atoms with Crippen molar-refractivity contribution in [2.24, 2.45) is 0 Å². The number of rotatable bonds is 11. The van der Waals surface area contributed by atoms with Crippen LogP contribution in [0.4, 0.5) is 11.4 Å². The molecule has 0 aliphatic carbocycles. The fraction of sp³-hybridized carbons (Fsp3) is 0.462. The summed E-state index contributed by atoms with van der Waals surface area (Å²) in [4.78, 5) is 2.27. The number of aromatic hydroxyl groups is 2. The number of anilines is 2. The number of halogens is 1. The number of nitrogens with zero attached hydrogens (tertiary/aromatic N) is 1. The number of allylic oxidation sites excluding steroid dienone is 1. The number of nitrogens with one attached hydrogen (secondary N) is 2. The van der Waals surface area contributed by atoms with Gasteiger partial charge in [-0.25, -0.2) is 0 Å². The number of phenols is 2. The van der Waals surface area contributed by atoms with Crippen LogP contribution in [0.25, 0.3) is 22.9 Å². The normalized spacial score (nSPS) is 16.6. The van der Waals surface area contributed by atoms with Crippen LogP contribution in [0.3, 0.4) is 0 Å². The van der Waals surface area contributed by atoms with E-state index in [2.05, 4.69) is 22.1 Å². The Bertz CT molecular complexity index is 1020. The van der Waals surface area contributed by atoms with Crippen LogP contribution >= 0.6 is 11.6 Å². The molecule has 0 aromatic heterocycles. The lowest BCUT2D eigenvalue weighted by atomic mass is 9.94. The molecule has 186 valence electrons. The van der Waals surface area contributed by atoms with Crippen LogP contribution in [0.2, 0.25) is 0 Å². The zero-order valence-electron chi connectivity index (χ0n) is 19.7. The topological polar surface area (TPSA) is 108 Å². The first-order chi connectivity index (χ1) is 16.4. The van der Waals surface area contributed by atoms with E-state index in [1.165, 1.54) is 12.5 Å². The summed E-state index contributed by atoms with van der Waals surface area (Å²) in [7, 11) is 0. The van der Waals surface area contributed by atoms with Crippen molar-refractivity contribution in [3.63, 3.8) is 0 Å². The standard InChI is InChI=1S/C26H36ClN3O4/c1-3-8-20-19(4-2)25(33)23-21(28-14-17(31)13-27)9-10-22(24(23)26(20)34)29-15-18(32)16-30-11-6-5-7-12-30/h3-4,8-10,17-18,28-29,31-34H,2,5-7,11-16H2,1H3/b8-3-. The zero-order valence-corrected chi connectivity index (χ0v) is 20.5. The lowest BCUT2D eigenvalue weighted by Crippen LogP contribution is -2.39. The van der Waals surface area contributed by atoms with Crippen LogP contribution in [0.5, 0.6) is 11.5 Å². The van der Waals surface area contributed by atoms with Gasteiger partial charge < -0.3 is 36.0 Å². The monoisotopic (exact) mass is 489 g/mol. The fourth-order valence-electron chi connectivity index (χ4n) is 4.47. The van der Waals surface area contributed by atoms with Gasteiger partial charge in [0.2, 0.25) is 0 Å². The molecule has 1 aliphatic heterocycles. The minimum atomic E-state index is -0.767. The van der Waals surface area contributed by atoms with Crippen LogP contribution < -0.4 is 10.6 Å². The quantitative estimate of drug-likeness (QED) is 0.207. The lowest BCUT2D eigenvalue weighted by molar-refractivity contribution is 0.110. The molecule has 0 saturated carbocycles. The summed E-state index contributed by atoms with van der Waals surface area (Å²) in [6.45, 7) is 8.69. The molecule has 2 aromatic rings. The fourth-order valence-corrected chi connectivity index (χ4v) is 4.58. The largest absolute Gasteiger partial charge is 0.507 e. The summed E-state index contributed by atoms with van der Waals surface area (Å²) >= 11 is 5.72. The first-order valence-corrected chi connectivity index (χ1v) is 12.4. The molecule has 2 unspecified atom stereocenters. The third-order valence-corrected chi connectivity index (χ3v) is 6.53. The van der Waals surface area contributed by atoms with Crippen molar-refractivity contribution in [1.29, 1.82) is 0 Å². The van der Waals surface area contributed by atoms with Crippen LogP contribution in [0.15, 0.2) is 24.8 Å². The average Bonchev–Trinajstić information content (AvgIpc) is 2.85. The van der Waals surface area contributed by atoms with E-state index < -0.39 is 12.2 Å². The number of alkyl halides is 1. The third kappa shape index (κ3) is 5.96. The molecule has 0 radical (unpaired) electrons. The van der Waals surface area contributed by atoms with Gasteiger partial charge in [0.05, 0.1) is 28.9 Å². The summed E-state index contributed by atoms with van der Waals surface area (Å²) in [6.07, 6.45) is 7.21. The van der Waals surface area contributed by atoms with Gasteiger partial charge in [0, 0.05) is 42.1 Å². The van der Waals surface area contributed by atoms with Crippen LogP contribution in [0, 0.1) is 0 Å². The van der Waals surface area contributed by atoms with E-state index in [0.29, 0.717) is 46.4 Å². The SMILES string of the molecule is C=Cc1c(/C=C\C)c(O)c2c(NCC(O)CN3CCCCC3)ccc(NCC(O)CCl)c2c1O. The van der Waals surface area contributed by atoms with Gasteiger partial charge in [-0.05, 0) is 45.0 Å². The van der Waals surface area contributed by atoms with Gasteiger partial charge in [0.15, 0.2) is 0 Å². The van der Waals surface area contributed by atoms with E-state index in [1.807, 2.05) is 6.92 Å². The zero-order chi connectivity index (χ0) is 24.7. The minimum absolute atomic E-state index is 0.00429. The second-order valence-electron chi connectivity index (χ2n) is 8.72. The number of β-amino-alcohol motifs (C(OH)–C–C–N with tert-alkyl or cyclic N) is 1. The first-order valence-electron chi connectivity index (χ1n) is 11.8. The van der Waals surface area contributed by atoms with E-state index in [4.69, 9.17) is 11.6 Å². The van der Waals surface area contributed by atoms with E-state index in [9.17, 15) is 20.4 Å². The highest BCUT2D eigenvalue weighted by Gasteiger charge is 2.22. The molecular formula is C26H36ClN3O4.